The minimum Gasteiger partial charge on any atom is -0.456 e. The predicted octanol–water partition coefficient (Wildman–Crippen LogP) is 13.8. The lowest BCUT2D eigenvalue weighted by atomic mass is 9.81. The van der Waals surface area contributed by atoms with Crippen LogP contribution in [0.2, 0.25) is 0 Å². The summed E-state index contributed by atoms with van der Waals surface area (Å²) in [4.78, 5) is 2.49. The Morgan fingerprint density at radius 2 is 1.06 bits per heavy atom. The third-order valence-corrected chi connectivity index (χ3v) is 10.9. The number of furan rings is 1. The molecular formula is C49H35NO. The maximum atomic E-state index is 6.33. The minimum atomic E-state index is -0.166. The fourth-order valence-electron chi connectivity index (χ4n) is 8.37. The summed E-state index contributed by atoms with van der Waals surface area (Å²) in [6.07, 6.45) is 0. The summed E-state index contributed by atoms with van der Waals surface area (Å²) in [7, 11) is 0. The Kier molecular flexibility index (Phi) is 6.56. The van der Waals surface area contributed by atoms with Crippen molar-refractivity contribution in [2.45, 2.75) is 19.3 Å². The monoisotopic (exact) mass is 653 g/mol. The molecule has 2 nitrogen and oxygen atoms in total. The van der Waals surface area contributed by atoms with Gasteiger partial charge in [0.2, 0.25) is 0 Å². The largest absolute Gasteiger partial charge is 0.456 e. The molecule has 1 heterocycles. The molecule has 0 spiro atoms. The van der Waals surface area contributed by atoms with Crippen molar-refractivity contribution in [1.29, 1.82) is 0 Å². The van der Waals surface area contributed by atoms with E-state index in [0.29, 0.717) is 0 Å². The van der Waals surface area contributed by atoms with E-state index in [0.717, 1.165) is 39.0 Å². The number of hydrogen-bond donors (Lipinski definition) is 0. The van der Waals surface area contributed by atoms with Crippen molar-refractivity contribution in [1.82, 2.24) is 0 Å². The van der Waals surface area contributed by atoms with Crippen molar-refractivity contribution in [3.63, 3.8) is 0 Å². The van der Waals surface area contributed by atoms with E-state index in [1.165, 1.54) is 55.3 Å². The Morgan fingerprint density at radius 1 is 0.412 bits per heavy atom. The molecule has 51 heavy (non-hydrogen) atoms. The standard InChI is InChI=1S/C49H35NO/c1-49(2)42-23-13-11-22-39(42)48-38-21-10-9-19-36(38)45(31-43(48)49)50(35-26-28-47-41(30-35)37-20-12-14-24-46(37)51-47)44-27-25-34(32-15-5-3-6-16-32)29-40(44)33-17-7-4-8-18-33/h3-31H,1-2H3. The van der Waals surface area contributed by atoms with Crippen molar-refractivity contribution in [3.8, 4) is 33.4 Å². The van der Waals surface area contributed by atoms with E-state index in [2.05, 4.69) is 189 Å². The summed E-state index contributed by atoms with van der Waals surface area (Å²) in [5, 5.41) is 4.71. The zero-order chi connectivity index (χ0) is 34.1. The van der Waals surface area contributed by atoms with Crippen molar-refractivity contribution in [2.24, 2.45) is 0 Å². The first-order valence-electron chi connectivity index (χ1n) is 17.7. The molecule has 0 fully saturated rings. The molecule has 0 bridgehead atoms. The molecule has 0 aliphatic heterocycles. The van der Waals surface area contributed by atoms with Gasteiger partial charge in [-0.1, -0.05) is 147 Å². The van der Waals surface area contributed by atoms with Gasteiger partial charge in [0.25, 0.3) is 0 Å². The van der Waals surface area contributed by atoms with Crippen LogP contribution in [-0.4, -0.2) is 0 Å². The normalized spacial score (nSPS) is 13.1. The molecule has 9 aromatic rings. The summed E-state index contributed by atoms with van der Waals surface area (Å²) < 4.78 is 6.33. The third-order valence-electron chi connectivity index (χ3n) is 10.9. The summed E-state index contributed by atoms with van der Waals surface area (Å²) >= 11 is 0. The topological polar surface area (TPSA) is 16.4 Å². The highest BCUT2D eigenvalue weighted by Gasteiger charge is 2.37. The Bertz CT molecular complexity index is 2770. The van der Waals surface area contributed by atoms with E-state index in [1.54, 1.807) is 0 Å². The van der Waals surface area contributed by atoms with E-state index < -0.39 is 0 Å². The summed E-state index contributed by atoms with van der Waals surface area (Å²) in [6.45, 7) is 4.74. The average molecular weight is 654 g/mol. The molecule has 0 radical (unpaired) electrons. The molecule has 10 rings (SSSR count). The molecule has 2 heteroatoms. The first-order chi connectivity index (χ1) is 25.1. The molecule has 0 N–H and O–H groups in total. The van der Waals surface area contributed by atoms with Crippen LogP contribution >= 0.6 is 0 Å². The smallest absolute Gasteiger partial charge is 0.135 e. The molecule has 0 saturated carbocycles. The maximum absolute atomic E-state index is 6.33. The van der Waals surface area contributed by atoms with E-state index >= 15 is 0 Å². The highest BCUT2D eigenvalue weighted by molar-refractivity contribution is 6.12. The zero-order valence-corrected chi connectivity index (χ0v) is 28.6. The Balaban J connectivity index is 1.31. The number of fused-ring (bicyclic) bond motifs is 8. The Labute approximate surface area is 297 Å². The molecule has 8 aromatic carbocycles. The number of anilines is 3. The lowest BCUT2D eigenvalue weighted by Gasteiger charge is -2.31. The lowest BCUT2D eigenvalue weighted by Crippen LogP contribution is -2.17. The maximum Gasteiger partial charge on any atom is 0.135 e. The van der Waals surface area contributed by atoms with Crippen molar-refractivity contribution < 1.29 is 4.42 Å². The van der Waals surface area contributed by atoms with E-state index in [4.69, 9.17) is 4.42 Å². The van der Waals surface area contributed by atoms with Gasteiger partial charge in [0.05, 0.1) is 11.4 Å². The highest BCUT2D eigenvalue weighted by atomic mass is 16.3. The molecule has 0 amide bonds. The van der Waals surface area contributed by atoms with Gasteiger partial charge in [-0.15, -0.1) is 0 Å². The van der Waals surface area contributed by atoms with Crippen molar-refractivity contribution in [3.05, 3.63) is 187 Å². The average Bonchev–Trinajstić information content (AvgIpc) is 3.67. The fourth-order valence-corrected chi connectivity index (χ4v) is 8.37. The zero-order valence-electron chi connectivity index (χ0n) is 28.6. The molecule has 1 aromatic heterocycles. The van der Waals surface area contributed by atoms with Gasteiger partial charge in [-0.3, -0.25) is 0 Å². The number of para-hydroxylation sites is 1. The number of nitrogens with zero attached hydrogens (tertiary/aromatic N) is 1. The second kappa shape index (κ2) is 11.3. The highest BCUT2D eigenvalue weighted by Crippen LogP contribution is 2.55. The van der Waals surface area contributed by atoms with E-state index in [1.807, 2.05) is 6.07 Å². The molecular weight excluding hydrogens is 619 g/mol. The van der Waals surface area contributed by atoms with Crippen LogP contribution in [0.25, 0.3) is 66.1 Å². The van der Waals surface area contributed by atoms with Gasteiger partial charge in [0.1, 0.15) is 11.2 Å². The summed E-state index contributed by atoms with van der Waals surface area (Å²) in [6, 6.07) is 63.7. The van der Waals surface area contributed by atoms with Gasteiger partial charge < -0.3 is 9.32 Å². The Hall–Kier alpha value is -6.38. The predicted molar refractivity (Wildman–Crippen MR) is 214 cm³/mol. The van der Waals surface area contributed by atoms with Crippen LogP contribution in [0.5, 0.6) is 0 Å². The molecule has 0 unspecified atom stereocenters. The van der Waals surface area contributed by atoms with Gasteiger partial charge in [-0.25, -0.2) is 0 Å². The van der Waals surface area contributed by atoms with E-state index in [-0.39, 0.29) is 5.41 Å². The minimum absolute atomic E-state index is 0.166. The lowest BCUT2D eigenvalue weighted by molar-refractivity contribution is 0.661. The van der Waals surface area contributed by atoms with Gasteiger partial charge in [-0.2, -0.15) is 0 Å². The van der Waals surface area contributed by atoms with Crippen LogP contribution in [0.4, 0.5) is 17.1 Å². The van der Waals surface area contributed by atoms with Crippen LogP contribution in [0.3, 0.4) is 0 Å². The first kappa shape index (κ1) is 29.5. The molecule has 0 saturated heterocycles. The van der Waals surface area contributed by atoms with Gasteiger partial charge >= 0.3 is 0 Å². The van der Waals surface area contributed by atoms with E-state index in [9.17, 15) is 0 Å². The fraction of sp³-hybridized carbons (Fsp3) is 0.0612. The van der Waals surface area contributed by atoms with Crippen molar-refractivity contribution >= 4 is 49.8 Å². The van der Waals surface area contributed by atoms with Gasteiger partial charge in [-0.05, 0) is 86.8 Å². The second-order valence-corrected chi connectivity index (χ2v) is 14.1. The van der Waals surface area contributed by atoms with Crippen LogP contribution in [-0.2, 0) is 5.41 Å². The van der Waals surface area contributed by atoms with Crippen LogP contribution in [0.15, 0.2) is 180 Å². The first-order valence-corrected chi connectivity index (χ1v) is 17.7. The third kappa shape index (κ3) is 4.57. The Morgan fingerprint density at radius 3 is 1.86 bits per heavy atom. The molecule has 1 aliphatic rings. The number of hydrogen-bond acceptors (Lipinski definition) is 2. The van der Waals surface area contributed by atoms with Gasteiger partial charge in [0.15, 0.2) is 0 Å². The SMILES string of the molecule is CC1(C)c2ccccc2-c2c1cc(N(c1ccc3oc4ccccc4c3c1)c1ccc(-c3ccccc3)cc1-c1ccccc1)c1ccccc21. The summed E-state index contributed by atoms with van der Waals surface area (Å²) in [5.41, 5.74) is 15.1. The quantitative estimate of drug-likeness (QED) is 0.184. The molecule has 242 valence electrons. The van der Waals surface area contributed by atoms with Crippen LogP contribution < -0.4 is 4.90 Å². The summed E-state index contributed by atoms with van der Waals surface area (Å²) in [5.74, 6) is 0. The van der Waals surface area contributed by atoms with Crippen molar-refractivity contribution in [2.75, 3.05) is 4.90 Å². The molecule has 0 atom stereocenters. The number of rotatable bonds is 5. The number of benzene rings is 8. The van der Waals surface area contributed by atoms with Crippen LogP contribution in [0.1, 0.15) is 25.0 Å². The second-order valence-electron chi connectivity index (χ2n) is 14.1. The van der Waals surface area contributed by atoms with Gasteiger partial charge in [0, 0.05) is 32.8 Å². The molecule has 1 aliphatic carbocycles. The van der Waals surface area contributed by atoms with Crippen LogP contribution in [0, 0.1) is 0 Å².